The van der Waals surface area contributed by atoms with Crippen molar-refractivity contribution in [1.82, 2.24) is 4.57 Å². The Morgan fingerprint density at radius 3 is 2.58 bits per heavy atom. The SMILES string of the molecule is Cc1c(C#N)c(O)n(C2CCCCC2)c(=O)c1N=Nc1ccccc1Br. The lowest BCUT2D eigenvalue weighted by molar-refractivity contribution is 0.303. The van der Waals surface area contributed by atoms with Crippen LogP contribution in [-0.2, 0) is 0 Å². The van der Waals surface area contributed by atoms with E-state index in [4.69, 9.17) is 0 Å². The normalized spacial score (nSPS) is 15.3. The number of rotatable bonds is 3. The fraction of sp³-hybridized carbons (Fsp3) is 0.368. The number of nitrogens with zero attached hydrogens (tertiary/aromatic N) is 4. The summed E-state index contributed by atoms with van der Waals surface area (Å²) < 4.78 is 2.09. The third-order valence-corrected chi connectivity index (χ3v) is 5.44. The van der Waals surface area contributed by atoms with Gasteiger partial charge in [0.05, 0.1) is 5.69 Å². The maximum absolute atomic E-state index is 13.0. The van der Waals surface area contributed by atoms with Gasteiger partial charge in [0, 0.05) is 16.1 Å². The van der Waals surface area contributed by atoms with E-state index in [0.29, 0.717) is 11.3 Å². The molecule has 0 spiro atoms. The van der Waals surface area contributed by atoms with Crippen LogP contribution in [0.3, 0.4) is 0 Å². The lowest BCUT2D eigenvalue weighted by atomic mass is 9.94. The Balaban J connectivity index is 2.14. The van der Waals surface area contributed by atoms with E-state index >= 15 is 0 Å². The number of hydrogen-bond acceptors (Lipinski definition) is 5. The highest BCUT2D eigenvalue weighted by Gasteiger charge is 2.25. The molecule has 1 fully saturated rings. The van der Waals surface area contributed by atoms with Crippen LogP contribution < -0.4 is 5.56 Å². The average Bonchev–Trinajstić information content (AvgIpc) is 2.64. The van der Waals surface area contributed by atoms with Gasteiger partial charge in [-0.3, -0.25) is 9.36 Å². The van der Waals surface area contributed by atoms with Crippen LogP contribution in [0.1, 0.15) is 49.3 Å². The smallest absolute Gasteiger partial charge is 0.281 e. The number of nitriles is 1. The summed E-state index contributed by atoms with van der Waals surface area (Å²) in [5.41, 5.74) is 0.707. The first-order valence-corrected chi connectivity index (χ1v) is 9.38. The van der Waals surface area contributed by atoms with Crippen LogP contribution in [0.2, 0.25) is 0 Å². The van der Waals surface area contributed by atoms with Crippen molar-refractivity contribution in [3.05, 3.63) is 50.2 Å². The average molecular weight is 415 g/mol. The van der Waals surface area contributed by atoms with Gasteiger partial charge in [-0.1, -0.05) is 31.4 Å². The molecule has 3 rings (SSSR count). The number of pyridine rings is 1. The fourth-order valence-electron chi connectivity index (χ4n) is 3.34. The highest BCUT2D eigenvalue weighted by Crippen LogP contribution is 2.34. The minimum atomic E-state index is -0.401. The van der Waals surface area contributed by atoms with E-state index in [-0.39, 0.29) is 23.2 Å². The first-order chi connectivity index (χ1) is 12.5. The molecule has 26 heavy (non-hydrogen) atoms. The van der Waals surface area contributed by atoms with E-state index in [9.17, 15) is 15.2 Å². The molecule has 1 aromatic carbocycles. The highest BCUT2D eigenvalue weighted by atomic mass is 79.9. The molecule has 1 N–H and O–H groups in total. The number of azo groups is 1. The van der Waals surface area contributed by atoms with E-state index < -0.39 is 5.56 Å². The van der Waals surface area contributed by atoms with Gasteiger partial charge in [0.15, 0.2) is 5.69 Å². The number of benzene rings is 1. The Bertz CT molecular complexity index is 953. The van der Waals surface area contributed by atoms with Crippen molar-refractivity contribution < 1.29 is 5.11 Å². The summed E-state index contributed by atoms with van der Waals surface area (Å²) in [5.74, 6) is -0.262. The standard InChI is InChI=1S/C19H19BrN4O2/c1-12-14(11-21)18(25)24(13-7-3-2-4-8-13)19(26)17(12)23-22-16-10-6-5-9-15(16)20/h5-6,9-10,13,25H,2-4,7-8H2,1H3. The first-order valence-electron chi connectivity index (χ1n) is 8.59. The van der Waals surface area contributed by atoms with Crippen LogP contribution in [-0.4, -0.2) is 9.67 Å². The lowest BCUT2D eigenvalue weighted by Crippen LogP contribution is -2.27. The lowest BCUT2D eigenvalue weighted by Gasteiger charge is -2.25. The second kappa shape index (κ2) is 7.83. The van der Waals surface area contributed by atoms with Crippen molar-refractivity contribution in [2.24, 2.45) is 10.2 Å². The summed E-state index contributed by atoms with van der Waals surface area (Å²) >= 11 is 3.39. The molecule has 0 atom stereocenters. The molecule has 0 bridgehead atoms. The number of hydrogen-bond donors (Lipinski definition) is 1. The van der Waals surface area contributed by atoms with Crippen molar-refractivity contribution in [1.29, 1.82) is 5.26 Å². The molecule has 1 aromatic heterocycles. The quantitative estimate of drug-likeness (QED) is 0.679. The summed E-state index contributed by atoms with van der Waals surface area (Å²) in [6.45, 7) is 1.61. The van der Waals surface area contributed by atoms with Gasteiger partial charge in [-0.2, -0.15) is 5.26 Å². The molecule has 0 amide bonds. The Morgan fingerprint density at radius 1 is 1.23 bits per heavy atom. The summed E-state index contributed by atoms with van der Waals surface area (Å²) in [4.78, 5) is 13.0. The zero-order valence-corrected chi connectivity index (χ0v) is 16.0. The molecule has 6 nitrogen and oxygen atoms in total. The second-order valence-electron chi connectivity index (χ2n) is 6.40. The minimum Gasteiger partial charge on any atom is -0.493 e. The summed E-state index contributed by atoms with van der Waals surface area (Å²) in [5, 5.41) is 28.3. The summed E-state index contributed by atoms with van der Waals surface area (Å²) in [6, 6.07) is 9.18. The van der Waals surface area contributed by atoms with Gasteiger partial charge >= 0.3 is 0 Å². The molecular weight excluding hydrogens is 396 g/mol. The fourth-order valence-corrected chi connectivity index (χ4v) is 3.71. The van der Waals surface area contributed by atoms with E-state index in [1.165, 1.54) is 4.57 Å². The third kappa shape index (κ3) is 3.42. The molecule has 1 saturated carbocycles. The van der Waals surface area contributed by atoms with Crippen LogP contribution in [0.25, 0.3) is 0 Å². The molecule has 1 heterocycles. The molecule has 1 aliphatic rings. The molecule has 134 valence electrons. The van der Waals surface area contributed by atoms with E-state index in [0.717, 1.165) is 36.6 Å². The number of aromatic hydroxyl groups is 1. The molecule has 0 unspecified atom stereocenters. The zero-order chi connectivity index (χ0) is 18.7. The zero-order valence-electron chi connectivity index (χ0n) is 14.4. The maximum Gasteiger partial charge on any atom is 0.281 e. The van der Waals surface area contributed by atoms with Crippen LogP contribution in [0.15, 0.2) is 43.8 Å². The van der Waals surface area contributed by atoms with Crippen molar-refractivity contribution in [2.75, 3.05) is 0 Å². The van der Waals surface area contributed by atoms with Crippen molar-refractivity contribution in [2.45, 2.75) is 45.1 Å². The second-order valence-corrected chi connectivity index (χ2v) is 7.26. The van der Waals surface area contributed by atoms with Gasteiger partial charge in [0.25, 0.3) is 5.56 Å². The molecule has 1 aliphatic carbocycles. The maximum atomic E-state index is 13.0. The molecule has 0 radical (unpaired) electrons. The first kappa shape index (κ1) is 18.3. The summed E-state index contributed by atoms with van der Waals surface area (Å²) in [6.07, 6.45) is 4.74. The third-order valence-electron chi connectivity index (χ3n) is 4.77. The van der Waals surface area contributed by atoms with Gasteiger partial charge in [0.1, 0.15) is 11.6 Å². The predicted octanol–water partition coefficient (Wildman–Crippen LogP) is 5.42. The van der Waals surface area contributed by atoms with Crippen molar-refractivity contribution in [3.63, 3.8) is 0 Å². The monoisotopic (exact) mass is 414 g/mol. The van der Waals surface area contributed by atoms with Gasteiger partial charge in [-0.15, -0.1) is 10.2 Å². The van der Waals surface area contributed by atoms with E-state index in [2.05, 4.69) is 26.2 Å². The molecule has 2 aromatic rings. The largest absolute Gasteiger partial charge is 0.493 e. The highest BCUT2D eigenvalue weighted by molar-refractivity contribution is 9.10. The summed E-state index contributed by atoms with van der Waals surface area (Å²) in [7, 11) is 0. The molecular formula is C19H19BrN4O2. The molecule has 0 saturated heterocycles. The number of aromatic nitrogens is 1. The van der Waals surface area contributed by atoms with E-state index in [1.807, 2.05) is 24.3 Å². The Morgan fingerprint density at radius 2 is 1.92 bits per heavy atom. The van der Waals surface area contributed by atoms with Crippen LogP contribution in [0.4, 0.5) is 11.4 Å². The van der Waals surface area contributed by atoms with Crippen molar-refractivity contribution in [3.8, 4) is 11.9 Å². The Labute approximate surface area is 159 Å². The van der Waals surface area contributed by atoms with Crippen LogP contribution in [0.5, 0.6) is 5.88 Å². The predicted molar refractivity (Wildman–Crippen MR) is 102 cm³/mol. The van der Waals surface area contributed by atoms with E-state index in [1.54, 1.807) is 13.0 Å². The van der Waals surface area contributed by atoms with Crippen LogP contribution in [0, 0.1) is 18.3 Å². The van der Waals surface area contributed by atoms with Gasteiger partial charge < -0.3 is 5.11 Å². The number of halogens is 1. The Kier molecular flexibility index (Phi) is 5.52. The topological polar surface area (TPSA) is 90.7 Å². The van der Waals surface area contributed by atoms with Crippen LogP contribution >= 0.6 is 15.9 Å². The molecule has 7 heteroatoms. The minimum absolute atomic E-state index is 0.0799. The molecule has 0 aliphatic heterocycles. The van der Waals surface area contributed by atoms with Crippen molar-refractivity contribution >= 4 is 27.3 Å². The van der Waals surface area contributed by atoms with Gasteiger partial charge in [0.2, 0.25) is 5.88 Å². The van der Waals surface area contributed by atoms with Gasteiger partial charge in [-0.25, -0.2) is 0 Å². The Hall–Kier alpha value is -2.46. The van der Waals surface area contributed by atoms with Gasteiger partial charge in [-0.05, 0) is 47.8 Å².